The van der Waals surface area contributed by atoms with Crippen molar-refractivity contribution in [2.24, 2.45) is 0 Å². The number of hydrogen-bond donors (Lipinski definition) is 2. The van der Waals surface area contributed by atoms with Crippen molar-refractivity contribution in [3.63, 3.8) is 0 Å². The van der Waals surface area contributed by atoms with Crippen LogP contribution < -0.4 is 10.9 Å². The number of para-hydroxylation sites is 1. The fourth-order valence-corrected chi connectivity index (χ4v) is 4.14. The van der Waals surface area contributed by atoms with E-state index in [2.05, 4.69) is 39.1 Å². The van der Waals surface area contributed by atoms with Crippen molar-refractivity contribution in [3.05, 3.63) is 82.8 Å². The summed E-state index contributed by atoms with van der Waals surface area (Å²) >= 11 is 0. The predicted octanol–water partition coefficient (Wildman–Crippen LogP) is 3.85. The monoisotopic (exact) mass is 440 g/mol. The lowest BCUT2D eigenvalue weighted by Crippen LogP contribution is -2.22. The molecule has 0 atom stereocenters. The number of anilines is 1. The third kappa shape index (κ3) is 3.61. The number of aromatic amines is 1. The van der Waals surface area contributed by atoms with Gasteiger partial charge >= 0.3 is 5.97 Å². The minimum Gasteiger partial charge on any atom is -0.451 e. The highest BCUT2D eigenvalue weighted by Crippen LogP contribution is 2.31. The molecule has 0 aliphatic rings. The van der Waals surface area contributed by atoms with E-state index in [1.807, 2.05) is 30.3 Å². The van der Waals surface area contributed by atoms with Gasteiger partial charge in [-0.1, -0.05) is 36.4 Å². The van der Waals surface area contributed by atoms with Crippen molar-refractivity contribution >= 4 is 50.1 Å². The molecule has 3 aromatic carbocycles. The maximum Gasteiger partial charge on any atom is 0.359 e. The van der Waals surface area contributed by atoms with E-state index in [4.69, 9.17) is 4.74 Å². The third-order valence-electron chi connectivity index (χ3n) is 5.60. The van der Waals surface area contributed by atoms with Gasteiger partial charge in [-0.3, -0.25) is 9.59 Å². The number of aromatic nitrogens is 3. The molecule has 8 nitrogen and oxygen atoms in total. The topological polar surface area (TPSA) is 106 Å². The van der Waals surface area contributed by atoms with Crippen LogP contribution >= 0.6 is 0 Å². The maximum atomic E-state index is 12.5. The number of nitrogens with zero attached hydrogens (tertiary/aromatic N) is 2. The summed E-state index contributed by atoms with van der Waals surface area (Å²) in [6.07, 6.45) is 0. The Morgan fingerprint density at radius 1 is 0.939 bits per heavy atom. The molecule has 5 aromatic rings. The number of benzene rings is 3. The fraction of sp³-hybridized carbons (Fsp3) is 0.120. The summed E-state index contributed by atoms with van der Waals surface area (Å²) in [6.45, 7) is 2.44. The zero-order valence-corrected chi connectivity index (χ0v) is 17.8. The highest BCUT2D eigenvalue weighted by atomic mass is 16.5. The largest absolute Gasteiger partial charge is 0.451 e. The molecule has 164 valence electrons. The van der Waals surface area contributed by atoms with Gasteiger partial charge in [-0.15, -0.1) is 0 Å². The Hall–Kier alpha value is -4.46. The van der Waals surface area contributed by atoms with Crippen LogP contribution in [0, 0.1) is 0 Å². The Balaban J connectivity index is 1.34. The molecule has 0 aliphatic carbocycles. The Morgan fingerprint density at radius 2 is 1.64 bits per heavy atom. The quantitative estimate of drug-likeness (QED) is 0.404. The van der Waals surface area contributed by atoms with E-state index in [1.165, 1.54) is 0 Å². The maximum absolute atomic E-state index is 12.5. The number of fused-ring (bicyclic) bond motifs is 4. The first kappa shape index (κ1) is 20.4. The number of rotatable bonds is 5. The number of aryl methyl sites for hydroxylation is 1. The second kappa shape index (κ2) is 8.23. The van der Waals surface area contributed by atoms with Crippen molar-refractivity contribution in [2.45, 2.75) is 13.5 Å². The molecule has 8 heteroatoms. The first-order valence-electron chi connectivity index (χ1n) is 10.5. The SMILES string of the molecule is CCn1c2ccccc2c2cc(NC(=O)COC(=O)c3n[nH]c(=O)c4ccccc34)ccc21. The zero-order chi connectivity index (χ0) is 22.9. The van der Waals surface area contributed by atoms with Gasteiger partial charge in [0.2, 0.25) is 0 Å². The molecule has 5 rings (SSSR count). The van der Waals surface area contributed by atoms with E-state index in [0.29, 0.717) is 16.5 Å². The van der Waals surface area contributed by atoms with Crippen LogP contribution in [-0.4, -0.2) is 33.2 Å². The summed E-state index contributed by atoms with van der Waals surface area (Å²) in [5, 5.41) is 11.7. The fourth-order valence-electron chi connectivity index (χ4n) is 4.14. The van der Waals surface area contributed by atoms with Crippen LogP contribution in [-0.2, 0) is 16.1 Å². The summed E-state index contributed by atoms with van der Waals surface area (Å²) in [5.41, 5.74) is 2.37. The molecule has 0 aliphatic heterocycles. The van der Waals surface area contributed by atoms with Crippen molar-refractivity contribution in [3.8, 4) is 0 Å². The van der Waals surface area contributed by atoms with Gasteiger partial charge < -0.3 is 14.6 Å². The molecule has 33 heavy (non-hydrogen) atoms. The molecule has 0 saturated carbocycles. The van der Waals surface area contributed by atoms with E-state index < -0.39 is 24.0 Å². The van der Waals surface area contributed by atoms with Crippen LogP contribution in [0.1, 0.15) is 17.4 Å². The lowest BCUT2D eigenvalue weighted by atomic mass is 10.1. The molecule has 2 heterocycles. The molecular weight excluding hydrogens is 420 g/mol. The van der Waals surface area contributed by atoms with Gasteiger partial charge in [0.05, 0.1) is 5.39 Å². The van der Waals surface area contributed by atoms with Crippen molar-refractivity contribution in [1.29, 1.82) is 0 Å². The number of esters is 1. The summed E-state index contributed by atoms with van der Waals surface area (Å²) in [5.74, 6) is -1.27. The first-order valence-corrected chi connectivity index (χ1v) is 10.5. The lowest BCUT2D eigenvalue weighted by Gasteiger charge is -2.08. The van der Waals surface area contributed by atoms with Gasteiger partial charge in [0, 0.05) is 39.4 Å². The molecule has 0 radical (unpaired) electrons. The lowest BCUT2D eigenvalue weighted by molar-refractivity contribution is -0.119. The standard InChI is InChI=1S/C25H20N4O4/c1-2-29-20-10-6-5-7-16(20)19-13-15(11-12-21(19)29)26-22(30)14-33-25(32)23-17-8-3-4-9-18(17)24(31)28-27-23/h3-13H,2,14H2,1H3,(H,26,30)(H,28,31). The van der Waals surface area contributed by atoms with Gasteiger partial charge in [-0.05, 0) is 37.3 Å². The molecule has 2 aromatic heterocycles. The zero-order valence-electron chi connectivity index (χ0n) is 17.8. The molecule has 0 spiro atoms. The summed E-state index contributed by atoms with van der Waals surface area (Å²) in [6, 6.07) is 20.4. The molecule has 2 N–H and O–H groups in total. The smallest absolute Gasteiger partial charge is 0.359 e. The number of H-pyrrole nitrogens is 1. The Bertz CT molecular complexity index is 1600. The van der Waals surface area contributed by atoms with E-state index in [-0.39, 0.29) is 5.69 Å². The summed E-state index contributed by atoms with van der Waals surface area (Å²) in [4.78, 5) is 36.8. The number of nitrogens with one attached hydrogen (secondary N) is 2. The second-order valence-electron chi connectivity index (χ2n) is 7.56. The van der Waals surface area contributed by atoms with Crippen molar-refractivity contribution in [2.75, 3.05) is 11.9 Å². The average molecular weight is 440 g/mol. The molecule has 0 saturated heterocycles. The molecule has 0 fully saturated rings. The third-order valence-corrected chi connectivity index (χ3v) is 5.60. The van der Waals surface area contributed by atoms with E-state index in [0.717, 1.165) is 28.4 Å². The second-order valence-corrected chi connectivity index (χ2v) is 7.56. The van der Waals surface area contributed by atoms with Crippen LogP contribution in [0.4, 0.5) is 5.69 Å². The number of carbonyl (C=O) groups is 2. The van der Waals surface area contributed by atoms with Gasteiger partial charge in [0.15, 0.2) is 12.3 Å². The van der Waals surface area contributed by atoms with Crippen molar-refractivity contribution < 1.29 is 14.3 Å². The molecular formula is C25H20N4O4. The Labute approximate surface area is 187 Å². The van der Waals surface area contributed by atoms with Gasteiger partial charge in [0.25, 0.3) is 11.5 Å². The Morgan fingerprint density at radius 3 is 2.42 bits per heavy atom. The van der Waals surface area contributed by atoms with Crippen LogP contribution in [0.15, 0.2) is 71.5 Å². The number of ether oxygens (including phenoxy) is 1. The van der Waals surface area contributed by atoms with Gasteiger partial charge in [0.1, 0.15) is 0 Å². The van der Waals surface area contributed by atoms with E-state index >= 15 is 0 Å². The Kier molecular flexibility index (Phi) is 5.10. The van der Waals surface area contributed by atoms with Crippen LogP contribution in [0.25, 0.3) is 32.6 Å². The van der Waals surface area contributed by atoms with Crippen LogP contribution in [0.2, 0.25) is 0 Å². The van der Waals surface area contributed by atoms with Crippen molar-refractivity contribution in [1.82, 2.24) is 14.8 Å². The molecule has 0 bridgehead atoms. The van der Waals surface area contributed by atoms with Crippen LogP contribution in [0.5, 0.6) is 0 Å². The predicted molar refractivity (Wildman–Crippen MR) is 126 cm³/mol. The van der Waals surface area contributed by atoms with Gasteiger partial charge in [-0.2, -0.15) is 5.10 Å². The highest BCUT2D eigenvalue weighted by molar-refractivity contribution is 6.10. The number of hydrogen-bond acceptors (Lipinski definition) is 5. The number of amides is 1. The minimum absolute atomic E-state index is 0.0493. The summed E-state index contributed by atoms with van der Waals surface area (Å²) in [7, 11) is 0. The van der Waals surface area contributed by atoms with E-state index in [9.17, 15) is 14.4 Å². The minimum atomic E-state index is -0.793. The highest BCUT2D eigenvalue weighted by Gasteiger charge is 2.17. The normalized spacial score (nSPS) is 11.2. The average Bonchev–Trinajstić information content (AvgIpc) is 3.16. The molecule has 0 unspecified atom stereocenters. The number of carbonyl (C=O) groups excluding carboxylic acids is 2. The van der Waals surface area contributed by atoms with Gasteiger partial charge in [-0.25, -0.2) is 9.89 Å². The van der Waals surface area contributed by atoms with Crippen LogP contribution in [0.3, 0.4) is 0 Å². The molecule has 1 amide bonds. The first-order chi connectivity index (χ1) is 16.1. The summed E-state index contributed by atoms with van der Waals surface area (Å²) < 4.78 is 7.37. The van der Waals surface area contributed by atoms with E-state index in [1.54, 1.807) is 24.3 Å².